The third-order valence-electron chi connectivity index (χ3n) is 6.48. The Kier molecular flexibility index (Phi) is 8.56. The molecule has 210 valence electrons. The van der Waals surface area contributed by atoms with E-state index in [2.05, 4.69) is 4.99 Å². The molecule has 1 aliphatic heterocycles. The summed E-state index contributed by atoms with van der Waals surface area (Å²) >= 11 is 19.8. The van der Waals surface area contributed by atoms with Crippen LogP contribution in [0.3, 0.4) is 0 Å². The summed E-state index contributed by atoms with van der Waals surface area (Å²) in [7, 11) is 2.80. The van der Waals surface area contributed by atoms with E-state index in [0.717, 1.165) is 11.1 Å². The van der Waals surface area contributed by atoms with Crippen LogP contribution >= 0.6 is 46.1 Å². The van der Waals surface area contributed by atoms with Crippen molar-refractivity contribution in [3.63, 3.8) is 0 Å². The van der Waals surface area contributed by atoms with E-state index in [1.54, 1.807) is 43.3 Å². The zero-order valence-corrected chi connectivity index (χ0v) is 25.2. The van der Waals surface area contributed by atoms with Crippen molar-refractivity contribution in [3.05, 3.63) is 123 Å². The fraction of sp³-hybridized carbons (Fsp3) is 0.167. The Balaban J connectivity index is 1.57. The van der Waals surface area contributed by atoms with Gasteiger partial charge >= 0.3 is 5.97 Å². The molecular weight excluding hydrogens is 607 g/mol. The van der Waals surface area contributed by atoms with Gasteiger partial charge in [0, 0.05) is 26.2 Å². The fourth-order valence-electron chi connectivity index (χ4n) is 4.55. The maximum atomic E-state index is 13.9. The van der Waals surface area contributed by atoms with Gasteiger partial charge in [-0.3, -0.25) is 9.36 Å². The topological polar surface area (TPSA) is 79.1 Å². The normalized spacial score (nSPS) is 14.9. The molecule has 0 aliphatic carbocycles. The first-order valence-corrected chi connectivity index (χ1v) is 14.3. The molecular formula is C30H23Cl3N2O5S. The Hall–Kier alpha value is -3.56. The highest BCUT2D eigenvalue weighted by Crippen LogP contribution is 2.37. The fourth-order valence-corrected chi connectivity index (χ4v) is 6.24. The summed E-state index contributed by atoms with van der Waals surface area (Å²) < 4.78 is 18.5. The molecule has 11 heteroatoms. The zero-order valence-electron chi connectivity index (χ0n) is 22.1. The molecule has 0 radical (unpaired) electrons. The highest BCUT2D eigenvalue weighted by Gasteiger charge is 2.35. The van der Waals surface area contributed by atoms with Crippen molar-refractivity contribution >= 4 is 58.2 Å². The minimum Gasteiger partial charge on any atom is -0.496 e. The van der Waals surface area contributed by atoms with Crippen LogP contribution in [0.25, 0.3) is 6.08 Å². The van der Waals surface area contributed by atoms with Crippen molar-refractivity contribution < 1.29 is 19.0 Å². The van der Waals surface area contributed by atoms with Gasteiger partial charge in [0.15, 0.2) is 4.80 Å². The Bertz CT molecular complexity index is 1880. The Morgan fingerprint density at radius 2 is 1.80 bits per heavy atom. The third-order valence-corrected chi connectivity index (χ3v) is 8.28. The van der Waals surface area contributed by atoms with Gasteiger partial charge < -0.3 is 14.2 Å². The van der Waals surface area contributed by atoms with Crippen LogP contribution in [0.1, 0.15) is 29.7 Å². The number of allylic oxidation sites excluding steroid dienone is 1. The number of benzene rings is 3. The van der Waals surface area contributed by atoms with Gasteiger partial charge in [0.1, 0.15) is 24.1 Å². The smallest absolute Gasteiger partial charge is 0.338 e. The number of thiazole rings is 1. The van der Waals surface area contributed by atoms with E-state index < -0.39 is 12.0 Å². The molecule has 2 heterocycles. The summed E-state index contributed by atoms with van der Waals surface area (Å²) in [6.45, 7) is 1.96. The van der Waals surface area contributed by atoms with Crippen LogP contribution in [0.5, 0.6) is 11.5 Å². The average Bonchev–Trinajstić information content (AvgIpc) is 3.25. The lowest BCUT2D eigenvalue weighted by Gasteiger charge is -2.25. The van der Waals surface area contributed by atoms with Gasteiger partial charge in [-0.1, -0.05) is 64.3 Å². The van der Waals surface area contributed by atoms with E-state index in [1.807, 2.05) is 30.3 Å². The second kappa shape index (κ2) is 12.1. The predicted octanol–water partition coefficient (Wildman–Crippen LogP) is 5.96. The summed E-state index contributed by atoms with van der Waals surface area (Å²) in [6, 6.07) is 16.8. The molecule has 41 heavy (non-hydrogen) atoms. The number of rotatable bonds is 7. The SMILES string of the molecule is COC(=O)C1=C(C)N=c2s/c(=C\c3cccc(OCc4ccc(Cl)cc4Cl)c3)c(=O)n2[C@H]1c1cc(Cl)ccc1OC. The van der Waals surface area contributed by atoms with Crippen LogP contribution in [0.2, 0.25) is 15.1 Å². The van der Waals surface area contributed by atoms with Gasteiger partial charge in [0.2, 0.25) is 0 Å². The largest absolute Gasteiger partial charge is 0.496 e. The summed E-state index contributed by atoms with van der Waals surface area (Å²) in [6.07, 6.45) is 1.76. The number of methoxy groups -OCH3 is 2. The second-order valence-corrected chi connectivity index (χ2v) is 11.3. The van der Waals surface area contributed by atoms with Crippen LogP contribution in [-0.2, 0) is 16.1 Å². The molecule has 1 aliphatic rings. The first kappa shape index (κ1) is 29.0. The monoisotopic (exact) mass is 628 g/mol. The number of carbonyl (C=O) groups excluding carboxylic acids is 1. The maximum Gasteiger partial charge on any atom is 0.338 e. The molecule has 0 amide bonds. The highest BCUT2D eigenvalue weighted by atomic mass is 35.5. The van der Waals surface area contributed by atoms with Crippen molar-refractivity contribution in [2.45, 2.75) is 19.6 Å². The molecule has 5 rings (SSSR count). The molecule has 0 unspecified atom stereocenters. The summed E-state index contributed by atoms with van der Waals surface area (Å²) in [4.78, 5) is 31.8. The second-order valence-electron chi connectivity index (χ2n) is 9.06. The van der Waals surface area contributed by atoms with Crippen molar-refractivity contribution in [3.8, 4) is 11.5 Å². The summed E-state index contributed by atoms with van der Waals surface area (Å²) in [5, 5.41) is 1.49. The van der Waals surface area contributed by atoms with E-state index in [4.69, 9.17) is 49.0 Å². The zero-order chi connectivity index (χ0) is 29.3. The number of fused-ring (bicyclic) bond motifs is 1. The number of nitrogens with zero attached hydrogens (tertiary/aromatic N) is 2. The molecule has 0 bridgehead atoms. The van der Waals surface area contributed by atoms with Gasteiger partial charge in [-0.25, -0.2) is 9.79 Å². The van der Waals surface area contributed by atoms with Crippen molar-refractivity contribution in [1.82, 2.24) is 4.57 Å². The van der Waals surface area contributed by atoms with E-state index >= 15 is 0 Å². The van der Waals surface area contributed by atoms with E-state index in [0.29, 0.717) is 47.2 Å². The van der Waals surface area contributed by atoms with E-state index in [-0.39, 0.29) is 17.7 Å². The lowest BCUT2D eigenvalue weighted by atomic mass is 9.95. The first-order chi connectivity index (χ1) is 19.7. The minimum atomic E-state index is -0.853. The molecule has 0 N–H and O–H groups in total. The molecule has 3 aromatic carbocycles. The number of ether oxygens (including phenoxy) is 3. The lowest BCUT2D eigenvalue weighted by molar-refractivity contribution is -0.136. The summed E-state index contributed by atoms with van der Waals surface area (Å²) in [5.41, 5.74) is 2.42. The van der Waals surface area contributed by atoms with Crippen LogP contribution in [0.15, 0.2) is 81.7 Å². The minimum absolute atomic E-state index is 0.225. The van der Waals surface area contributed by atoms with Crippen molar-refractivity contribution in [2.75, 3.05) is 14.2 Å². The van der Waals surface area contributed by atoms with Crippen molar-refractivity contribution in [1.29, 1.82) is 0 Å². The van der Waals surface area contributed by atoms with Gasteiger partial charge in [-0.05, 0) is 61.0 Å². The van der Waals surface area contributed by atoms with Crippen LogP contribution in [0.4, 0.5) is 0 Å². The molecule has 4 aromatic rings. The predicted molar refractivity (Wildman–Crippen MR) is 161 cm³/mol. The molecule has 7 nitrogen and oxygen atoms in total. The highest BCUT2D eigenvalue weighted by molar-refractivity contribution is 7.07. The van der Waals surface area contributed by atoms with Gasteiger partial charge in [0.25, 0.3) is 5.56 Å². The van der Waals surface area contributed by atoms with Crippen LogP contribution in [-0.4, -0.2) is 24.8 Å². The molecule has 0 fully saturated rings. The van der Waals surface area contributed by atoms with E-state index in [1.165, 1.54) is 30.1 Å². The standard InChI is InChI=1S/C30H23Cl3N2O5S/c1-16-26(29(37)39-3)27(22-13-19(31)9-10-24(22)38-2)35-28(36)25(41-30(35)34-16)12-17-5-4-6-21(11-17)40-15-18-7-8-20(32)14-23(18)33/h4-14,27H,15H2,1-3H3/b25-12-/t27-/m0/s1. The lowest BCUT2D eigenvalue weighted by Crippen LogP contribution is -2.40. The molecule has 1 aromatic heterocycles. The molecule has 0 spiro atoms. The van der Waals surface area contributed by atoms with Gasteiger partial charge in [-0.2, -0.15) is 0 Å². The maximum absolute atomic E-state index is 13.9. The van der Waals surface area contributed by atoms with Crippen LogP contribution < -0.4 is 24.4 Å². The van der Waals surface area contributed by atoms with Gasteiger partial charge in [-0.15, -0.1) is 0 Å². The van der Waals surface area contributed by atoms with Gasteiger partial charge in [0.05, 0.1) is 30.0 Å². The number of halogens is 3. The van der Waals surface area contributed by atoms with Crippen LogP contribution in [0, 0.1) is 0 Å². The Morgan fingerprint density at radius 1 is 1.05 bits per heavy atom. The number of hydrogen-bond donors (Lipinski definition) is 0. The number of aromatic nitrogens is 1. The van der Waals surface area contributed by atoms with Crippen molar-refractivity contribution in [2.24, 2.45) is 4.99 Å². The number of carbonyl (C=O) groups is 1. The average molecular weight is 630 g/mol. The quantitative estimate of drug-likeness (QED) is 0.236. The Labute approximate surface area is 254 Å². The number of hydrogen-bond acceptors (Lipinski definition) is 7. The van der Waals surface area contributed by atoms with E-state index in [9.17, 15) is 9.59 Å². The first-order valence-electron chi connectivity index (χ1n) is 12.3. The number of esters is 1. The molecule has 1 atom stereocenters. The Morgan fingerprint density at radius 3 is 2.54 bits per heavy atom. The summed E-state index contributed by atoms with van der Waals surface area (Å²) in [5.74, 6) is 0.469. The molecule has 0 saturated heterocycles. The third kappa shape index (κ3) is 5.92. The molecule has 0 saturated carbocycles.